The molecule has 0 unspecified atom stereocenters. The third-order valence-corrected chi connectivity index (χ3v) is 11.6. The van der Waals surface area contributed by atoms with Gasteiger partial charge in [-0.1, -0.05) is 12.1 Å². The number of nitriles is 1. The van der Waals surface area contributed by atoms with Crippen LogP contribution < -0.4 is 5.73 Å². The second kappa shape index (κ2) is 15.1. The predicted molar refractivity (Wildman–Crippen MR) is 196 cm³/mol. The average molecular weight is 673 g/mol. The first-order valence-corrected chi connectivity index (χ1v) is 18.5. The molecule has 242 valence electrons. The smallest absolute Gasteiger partial charge is 0.135 e. The Bertz CT molecular complexity index is 1850. The highest BCUT2D eigenvalue weighted by Crippen LogP contribution is 2.44. The molecule has 7 nitrogen and oxygen atoms in total. The van der Waals surface area contributed by atoms with E-state index in [2.05, 4.69) is 85.8 Å². The number of hydrogen-bond acceptors (Lipinski definition) is 10. The second-order valence-electron chi connectivity index (χ2n) is 12.6. The van der Waals surface area contributed by atoms with Crippen molar-refractivity contribution in [1.82, 2.24) is 19.8 Å². The molecule has 1 fully saturated rings. The van der Waals surface area contributed by atoms with Gasteiger partial charge < -0.3 is 10.6 Å². The van der Waals surface area contributed by atoms with Gasteiger partial charge in [0.25, 0.3) is 0 Å². The van der Waals surface area contributed by atoms with Crippen molar-refractivity contribution in [2.24, 2.45) is 0 Å². The Hall–Kier alpha value is -3.20. The summed E-state index contributed by atoms with van der Waals surface area (Å²) in [6.45, 7) is 17.1. The van der Waals surface area contributed by atoms with E-state index in [1.54, 1.807) is 34.0 Å². The molecule has 2 aliphatic rings. The Morgan fingerprint density at radius 1 is 0.848 bits per heavy atom. The maximum absolute atomic E-state index is 10.8. The monoisotopic (exact) mass is 672 g/mol. The van der Waals surface area contributed by atoms with Crippen LogP contribution in [0, 0.1) is 25.2 Å². The number of nitrogen functional groups attached to an aromatic ring is 1. The molecule has 2 N–H and O–H groups in total. The van der Waals surface area contributed by atoms with Crippen molar-refractivity contribution in [3.63, 3.8) is 0 Å². The lowest BCUT2D eigenvalue weighted by atomic mass is 10.0. The fraction of sp³-hybridized carbons (Fsp3) is 0.444. The highest BCUT2D eigenvalue weighted by molar-refractivity contribution is 7.22. The van der Waals surface area contributed by atoms with E-state index in [4.69, 9.17) is 16.0 Å². The van der Waals surface area contributed by atoms with Gasteiger partial charge in [0.2, 0.25) is 0 Å². The van der Waals surface area contributed by atoms with Gasteiger partial charge in [-0.05, 0) is 88.9 Å². The number of thiazole rings is 2. The molecule has 10 heteroatoms. The van der Waals surface area contributed by atoms with Crippen LogP contribution in [-0.4, -0.2) is 57.3 Å². The number of rotatable bonds is 4. The lowest BCUT2D eigenvalue weighted by molar-refractivity contribution is -0.121. The molecule has 0 bridgehead atoms. The zero-order valence-electron chi connectivity index (χ0n) is 27.7. The molecule has 2 aliphatic heterocycles. The van der Waals surface area contributed by atoms with Crippen LogP contribution in [0.2, 0.25) is 0 Å². The van der Waals surface area contributed by atoms with Crippen LogP contribution in [0.3, 0.4) is 0 Å². The van der Waals surface area contributed by atoms with Gasteiger partial charge in [0.1, 0.15) is 15.8 Å². The number of carbonyl (C=O) groups is 1. The SMILES string of the molecule is CC(C)N1CCC(=O)CC1.Cc1ccc2sc(-c3c(N)sc4c3CCN(C(C)C)C4)nc2c1.Cc1ccc2sc(CC#N)nc2c1. The summed E-state index contributed by atoms with van der Waals surface area (Å²) < 4.78 is 2.40. The molecule has 5 heterocycles. The van der Waals surface area contributed by atoms with Crippen molar-refractivity contribution < 1.29 is 4.79 Å². The summed E-state index contributed by atoms with van der Waals surface area (Å²) in [6.07, 6.45) is 3.01. The van der Waals surface area contributed by atoms with Crippen LogP contribution in [0.15, 0.2) is 36.4 Å². The van der Waals surface area contributed by atoms with E-state index in [-0.39, 0.29) is 0 Å². The second-order valence-corrected chi connectivity index (χ2v) is 15.9. The van der Waals surface area contributed by atoms with E-state index < -0.39 is 0 Å². The summed E-state index contributed by atoms with van der Waals surface area (Å²) in [5.74, 6) is 0.428. The summed E-state index contributed by atoms with van der Waals surface area (Å²) >= 11 is 5.11. The largest absolute Gasteiger partial charge is 0.390 e. The summed E-state index contributed by atoms with van der Waals surface area (Å²) in [4.78, 5) is 26.3. The molecule has 0 spiro atoms. The number of fused-ring (bicyclic) bond motifs is 3. The molecule has 0 saturated carbocycles. The molecule has 2 aromatic carbocycles. The zero-order chi connectivity index (χ0) is 33.0. The van der Waals surface area contributed by atoms with Crippen LogP contribution in [0.1, 0.15) is 67.1 Å². The number of carbonyl (C=O) groups excluding carboxylic acids is 1. The Balaban J connectivity index is 0.000000153. The van der Waals surface area contributed by atoms with Crippen LogP contribution >= 0.6 is 34.0 Å². The predicted octanol–water partition coefficient (Wildman–Crippen LogP) is 8.41. The van der Waals surface area contributed by atoms with Crippen molar-refractivity contribution in [2.75, 3.05) is 25.4 Å². The summed E-state index contributed by atoms with van der Waals surface area (Å²) in [5, 5.41) is 11.4. The minimum Gasteiger partial charge on any atom is -0.390 e. The van der Waals surface area contributed by atoms with Crippen molar-refractivity contribution >= 4 is 65.2 Å². The quantitative estimate of drug-likeness (QED) is 0.205. The minimum absolute atomic E-state index is 0.415. The lowest BCUT2D eigenvalue weighted by Crippen LogP contribution is -2.38. The number of thiophene rings is 1. The molecule has 1 saturated heterocycles. The average Bonchev–Trinajstić information content (AvgIpc) is 3.70. The van der Waals surface area contributed by atoms with E-state index in [1.165, 1.54) is 31.8 Å². The first kappa shape index (κ1) is 34.1. The van der Waals surface area contributed by atoms with E-state index in [0.29, 0.717) is 24.3 Å². The van der Waals surface area contributed by atoms with Gasteiger partial charge in [0.15, 0.2) is 0 Å². The van der Waals surface area contributed by atoms with Gasteiger partial charge in [0, 0.05) is 61.5 Å². The van der Waals surface area contributed by atoms with Crippen LogP contribution in [0.5, 0.6) is 0 Å². The summed E-state index contributed by atoms with van der Waals surface area (Å²) in [5.41, 5.74) is 13.6. The molecule has 0 radical (unpaired) electrons. The highest BCUT2D eigenvalue weighted by atomic mass is 32.1. The molecular formula is C36H44N6OS3. The van der Waals surface area contributed by atoms with Gasteiger partial charge in [-0.2, -0.15) is 5.26 Å². The van der Waals surface area contributed by atoms with Gasteiger partial charge in [-0.3, -0.25) is 9.69 Å². The molecule has 0 atom stereocenters. The number of aryl methyl sites for hydroxylation is 2. The van der Waals surface area contributed by atoms with E-state index in [9.17, 15) is 4.79 Å². The first-order valence-electron chi connectivity index (χ1n) is 16.0. The maximum atomic E-state index is 10.8. The fourth-order valence-corrected chi connectivity index (χ4v) is 8.90. The van der Waals surface area contributed by atoms with Gasteiger partial charge in [-0.15, -0.1) is 34.0 Å². The van der Waals surface area contributed by atoms with E-state index in [1.807, 2.05) is 13.0 Å². The Labute approximate surface area is 284 Å². The van der Waals surface area contributed by atoms with Gasteiger partial charge in [0.05, 0.1) is 37.9 Å². The first-order chi connectivity index (χ1) is 22.0. The third kappa shape index (κ3) is 8.20. The number of aromatic nitrogens is 2. The normalized spacial score (nSPS) is 15.4. The molecule has 0 aliphatic carbocycles. The molecule has 0 amide bonds. The topological polar surface area (TPSA) is 99.1 Å². The summed E-state index contributed by atoms with van der Waals surface area (Å²) in [6, 6.07) is 15.9. The van der Waals surface area contributed by atoms with Crippen molar-refractivity contribution in [1.29, 1.82) is 5.26 Å². The standard InChI is InChI=1S/C18H21N3S2.C10H8N2S.C8H15NO/c1-10(2)21-7-6-12-15(9-21)22-17(19)16(12)18-20-13-8-11(3)4-5-14(13)23-18;1-7-2-3-9-8(6-7)12-10(13-9)4-5-11;1-7(2)9-5-3-8(10)4-6-9/h4-5,8,10H,6-7,9,19H2,1-3H3;2-3,6H,4H2,1H3;7H,3-6H2,1-2H3. The number of hydrogen-bond donors (Lipinski definition) is 1. The lowest BCUT2D eigenvalue weighted by Gasteiger charge is -2.30. The van der Waals surface area contributed by atoms with Crippen molar-refractivity contribution in [3.8, 4) is 16.6 Å². The molecule has 7 rings (SSSR count). The number of likely N-dealkylation sites (tertiary alicyclic amines) is 1. The molecule has 46 heavy (non-hydrogen) atoms. The highest BCUT2D eigenvalue weighted by Gasteiger charge is 2.27. The molecular weight excluding hydrogens is 629 g/mol. The van der Waals surface area contributed by atoms with Gasteiger partial charge >= 0.3 is 0 Å². The number of anilines is 1. The molecule has 5 aromatic rings. The Kier molecular flexibility index (Phi) is 11.2. The van der Waals surface area contributed by atoms with E-state index >= 15 is 0 Å². The Morgan fingerprint density at radius 2 is 1.43 bits per heavy atom. The summed E-state index contributed by atoms with van der Waals surface area (Å²) in [7, 11) is 0. The number of nitrogens with zero attached hydrogens (tertiary/aromatic N) is 5. The van der Waals surface area contributed by atoms with E-state index in [0.717, 1.165) is 76.2 Å². The fourth-order valence-electron chi connectivity index (χ4n) is 5.78. The van der Waals surface area contributed by atoms with Crippen LogP contribution in [0.4, 0.5) is 5.00 Å². The number of ketones is 1. The van der Waals surface area contributed by atoms with Crippen LogP contribution in [0.25, 0.3) is 31.0 Å². The van der Waals surface area contributed by atoms with Crippen molar-refractivity contribution in [2.45, 2.75) is 85.9 Å². The molecule has 3 aromatic heterocycles. The third-order valence-electron chi connectivity index (χ3n) is 8.50. The number of benzene rings is 2. The zero-order valence-corrected chi connectivity index (χ0v) is 30.2. The Morgan fingerprint density at radius 3 is 2.04 bits per heavy atom. The number of Topliss-reactive ketones (excluding diaryl/α,β-unsaturated/α-hetero) is 1. The number of piperidine rings is 1. The minimum atomic E-state index is 0.415. The van der Waals surface area contributed by atoms with Gasteiger partial charge in [-0.25, -0.2) is 9.97 Å². The van der Waals surface area contributed by atoms with Crippen molar-refractivity contribution in [3.05, 3.63) is 63.0 Å². The maximum Gasteiger partial charge on any atom is 0.135 e. The van der Waals surface area contributed by atoms with Crippen LogP contribution in [-0.2, 0) is 24.2 Å². The number of nitrogens with two attached hydrogens (primary N) is 1.